The fraction of sp³-hybridized carbons (Fsp3) is 0.486. The summed E-state index contributed by atoms with van der Waals surface area (Å²) in [5, 5.41) is 21.9. The van der Waals surface area contributed by atoms with E-state index in [9.17, 15) is 15.0 Å². The maximum absolute atomic E-state index is 17.6. The number of aryl methyl sites for hydroxylation is 2. The Morgan fingerprint density at radius 3 is 2.53 bits per heavy atom. The van der Waals surface area contributed by atoms with Gasteiger partial charge in [0.2, 0.25) is 0 Å². The highest BCUT2D eigenvalue weighted by Gasteiger charge is 2.80. The fourth-order valence-corrected chi connectivity index (χ4v) is 9.66. The van der Waals surface area contributed by atoms with Crippen LogP contribution >= 0.6 is 0 Å². The standard InChI is InChI=1S/C37H41F2NO5/c1-21-13-14-34(2)28(15-21)29(38)17-27-26-18-32-37(31(43)20-41,35(26,3)19-30(42)36(27,34)39)45-33(44-32)24-11-9-22(10-12-24)7-8-23-5-4-6-25(40)16-23/h4-6,9-16,26-27,29-30,32-33,41-42H,1,7-8,17-20,40H2,2-3H3/t26-,27-,29-,30-,32+,33-,34-,35-,36-,37+/m0/s1. The summed E-state index contributed by atoms with van der Waals surface area (Å²) in [5.74, 6) is -2.00. The molecule has 4 fully saturated rings. The molecule has 7 rings (SSSR count). The van der Waals surface area contributed by atoms with Gasteiger partial charge in [0.1, 0.15) is 12.8 Å². The maximum atomic E-state index is 17.6. The Bertz CT molecular complexity index is 1610. The highest BCUT2D eigenvalue weighted by molar-refractivity contribution is 5.91. The zero-order valence-corrected chi connectivity index (χ0v) is 25.7. The van der Waals surface area contributed by atoms with Crippen molar-refractivity contribution in [1.29, 1.82) is 0 Å². The number of carbonyl (C=O) groups excluding carboxylic acids is 1. The van der Waals surface area contributed by atoms with Crippen LogP contribution in [0.25, 0.3) is 0 Å². The van der Waals surface area contributed by atoms with Gasteiger partial charge in [0.15, 0.2) is 23.3 Å². The normalized spacial score (nSPS) is 41.6. The van der Waals surface area contributed by atoms with Gasteiger partial charge >= 0.3 is 0 Å². The van der Waals surface area contributed by atoms with Crippen molar-refractivity contribution in [3.63, 3.8) is 0 Å². The van der Waals surface area contributed by atoms with E-state index in [2.05, 4.69) is 6.58 Å². The first-order chi connectivity index (χ1) is 21.4. The molecule has 2 aromatic carbocycles. The largest absolute Gasteiger partial charge is 0.399 e. The number of hydrogen-bond acceptors (Lipinski definition) is 6. The number of Topliss-reactive ketones (excluding diaryl/α,β-unsaturated/α-hetero) is 1. The second-order valence-electron chi connectivity index (χ2n) is 14.1. The van der Waals surface area contributed by atoms with E-state index in [4.69, 9.17) is 15.2 Å². The predicted molar refractivity (Wildman–Crippen MR) is 166 cm³/mol. The van der Waals surface area contributed by atoms with Crippen molar-refractivity contribution < 1.29 is 33.3 Å². The van der Waals surface area contributed by atoms with Crippen LogP contribution in [0.1, 0.15) is 56.1 Å². The number of anilines is 1. The number of allylic oxidation sites excluding steroid dienone is 5. The van der Waals surface area contributed by atoms with Crippen molar-refractivity contribution in [2.75, 3.05) is 12.3 Å². The number of aliphatic hydroxyl groups is 2. The minimum absolute atomic E-state index is 0.0967. The third kappa shape index (κ3) is 4.15. The second-order valence-corrected chi connectivity index (χ2v) is 14.1. The number of aliphatic hydroxyl groups excluding tert-OH is 2. The van der Waals surface area contributed by atoms with E-state index in [-0.39, 0.29) is 19.3 Å². The second kappa shape index (κ2) is 10.4. The molecule has 1 aliphatic heterocycles. The monoisotopic (exact) mass is 617 g/mol. The third-order valence-electron chi connectivity index (χ3n) is 11.9. The Balaban J connectivity index is 1.18. The van der Waals surface area contributed by atoms with E-state index in [1.807, 2.05) is 55.5 Å². The van der Waals surface area contributed by atoms with Gasteiger partial charge in [0, 0.05) is 28.0 Å². The Morgan fingerprint density at radius 1 is 1.09 bits per heavy atom. The molecule has 3 saturated carbocycles. The number of nitrogen functional groups attached to an aromatic ring is 1. The van der Waals surface area contributed by atoms with Gasteiger partial charge in [0.25, 0.3) is 0 Å². The third-order valence-corrected chi connectivity index (χ3v) is 11.9. The molecule has 10 atom stereocenters. The van der Waals surface area contributed by atoms with Crippen molar-refractivity contribution >= 4 is 11.5 Å². The molecule has 0 radical (unpaired) electrons. The van der Waals surface area contributed by atoms with Gasteiger partial charge in [-0.1, -0.05) is 68.1 Å². The first kappa shape index (κ1) is 30.5. The molecule has 0 amide bonds. The number of halogens is 2. The molecule has 238 valence electrons. The molecule has 8 heteroatoms. The van der Waals surface area contributed by atoms with Crippen LogP contribution in [0.4, 0.5) is 14.5 Å². The van der Waals surface area contributed by atoms with Crippen molar-refractivity contribution in [3.8, 4) is 0 Å². The van der Waals surface area contributed by atoms with E-state index in [0.717, 1.165) is 35.2 Å². The zero-order chi connectivity index (χ0) is 31.9. The van der Waals surface area contributed by atoms with Crippen LogP contribution in [-0.2, 0) is 27.1 Å². The van der Waals surface area contributed by atoms with Crippen molar-refractivity contribution in [2.45, 2.75) is 81.9 Å². The van der Waals surface area contributed by atoms with Crippen LogP contribution in [0, 0.1) is 22.7 Å². The molecule has 5 aliphatic rings. The quantitative estimate of drug-likeness (QED) is 0.361. The van der Waals surface area contributed by atoms with E-state index in [1.165, 1.54) is 0 Å². The van der Waals surface area contributed by atoms with E-state index in [0.29, 0.717) is 11.1 Å². The first-order valence-corrected chi connectivity index (χ1v) is 15.9. The minimum atomic E-state index is -2.18. The van der Waals surface area contributed by atoms with Gasteiger partial charge < -0.3 is 25.4 Å². The molecular weight excluding hydrogens is 576 g/mol. The Labute approximate surface area is 262 Å². The summed E-state index contributed by atoms with van der Waals surface area (Å²) >= 11 is 0. The number of ketones is 1. The number of nitrogens with two attached hydrogens (primary N) is 1. The van der Waals surface area contributed by atoms with Crippen LogP contribution in [0.15, 0.2) is 84.5 Å². The summed E-state index contributed by atoms with van der Waals surface area (Å²) in [7, 11) is 0. The molecule has 0 aromatic heterocycles. The lowest BCUT2D eigenvalue weighted by molar-refractivity contribution is -0.235. The average Bonchev–Trinajstić information content (AvgIpc) is 3.52. The van der Waals surface area contributed by atoms with Gasteiger partial charge in [-0.3, -0.25) is 4.79 Å². The summed E-state index contributed by atoms with van der Waals surface area (Å²) in [5.41, 5.74) is 4.23. The molecule has 6 nitrogen and oxygen atoms in total. The molecule has 4 aliphatic carbocycles. The molecule has 2 aromatic rings. The van der Waals surface area contributed by atoms with Gasteiger partial charge in [-0.2, -0.15) is 0 Å². The highest BCUT2D eigenvalue weighted by Crippen LogP contribution is 2.72. The number of ether oxygens (including phenoxy) is 2. The Morgan fingerprint density at radius 2 is 1.82 bits per heavy atom. The van der Waals surface area contributed by atoms with Gasteiger partial charge in [0.05, 0.1) is 12.2 Å². The predicted octanol–water partition coefficient (Wildman–Crippen LogP) is 5.68. The van der Waals surface area contributed by atoms with Crippen LogP contribution in [0.5, 0.6) is 0 Å². The maximum Gasteiger partial charge on any atom is 0.193 e. The molecule has 0 bridgehead atoms. The van der Waals surface area contributed by atoms with Gasteiger partial charge in [-0.25, -0.2) is 8.78 Å². The number of benzene rings is 2. The lowest BCUT2D eigenvalue weighted by atomic mass is 9.44. The SMILES string of the molecule is C=C1C=C[C@@]2(C)C(=C1)[C@@H](F)C[C@H]1[C@@H]3C[C@H]4O[C@H](c5ccc(CCc6cccc(N)c6)cc5)O[C@@]4(C(=O)CO)[C@@]3(C)C[C@H](O)[C@@]12F. The number of hydrogen-bond donors (Lipinski definition) is 3. The van der Waals surface area contributed by atoms with Crippen LogP contribution < -0.4 is 5.73 Å². The molecule has 1 heterocycles. The van der Waals surface area contributed by atoms with Crippen LogP contribution in [-0.4, -0.2) is 52.3 Å². The smallest absolute Gasteiger partial charge is 0.193 e. The molecule has 45 heavy (non-hydrogen) atoms. The summed E-state index contributed by atoms with van der Waals surface area (Å²) in [6, 6.07) is 15.6. The van der Waals surface area contributed by atoms with Crippen molar-refractivity contribution in [1.82, 2.24) is 0 Å². The lowest BCUT2D eigenvalue weighted by Crippen LogP contribution is -2.70. The Kier molecular flexibility index (Phi) is 7.06. The summed E-state index contributed by atoms with van der Waals surface area (Å²) < 4.78 is 46.6. The van der Waals surface area contributed by atoms with Gasteiger partial charge in [-0.05, 0) is 79.4 Å². The molecule has 1 saturated heterocycles. The topological polar surface area (TPSA) is 102 Å². The fourth-order valence-electron chi connectivity index (χ4n) is 9.66. The van der Waals surface area contributed by atoms with Gasteiger partial charge in [-0.15, -0.1) is 0 Å². The zero-order valence-electron chi connectivity index (χ0n) is 25.7. The average molecular weight is 618 g/mol. The lowest BCUT2D eigenvalue weighted by Gasteiger charge is -2.63. The van der Waals surface area contributed by atoms with Crippen molar-refractivity contribution in [2.24, 2.45) is 22.7 Å². The first-order valence-electron chi connectivity index (χ1n) is 15.9. The number of alkyl halides is 2. The summed E-state index contributed by atoms with van der Waals surface area (Å²) in [6.45, 7) is 6.58. The van der Waals surface area contributed by atoms with Crippen LogP contribution in [0.2, 0.25) is 0 Å². The Hall–Kier alpha value is -3.17. The number of fused-ring (bicyclic) bond motifs is 7. The molecule has 4 N–H and O–H groups in total. The van der Waals surface area contributed by atoms with Crippen molar-refractivity contribution in [3.05, 3.63) is 101 Å². The summed E-state index contributed by atoms with van der Waals surface area (Å²) in [6.07, 6.45) is 1.96. The molecule has 0 spiro atoms. The number of carbonyl (C=O) groups is 1. The summed E-state index contributed by atoms with van der Waals surface area (Å²) in [4.78, 5) is 13.7. The molecule has 0 unspecified atom stereocenters. The van der Waals surface area contributed by atoms with Crippen LogP contribution in [0.3, 0.4) is 0 Å². The van der Waals surface area contributed by atoms with E-state index < -0.39 is 71.0 Å². The molecular formula is C37H41F2NO5. The number of rotatable bonds is 6. The van der Waals surface area contributed by atoms with E-state index >= 15 is 8.78 Å². The van der Waals surface area contributed by atoms with E-state index in [1.54, 1.807) is 25.2 Å². The minimum Gasteiger partial charge on any atom is -0.399 e. The highest BCUT2D eigenvalue weighted by atomic mass is 19.1.